The number of rotatable bonds is 3. The molecule has 0 aliphatic carbocycles. The molecule has 2 rings (SSSR count). The van der Waals surface area contributed by atoms with Crippen molar-refractivity contribution < 1.29 is 18.7 Å². The minimum atomic E-state index is -0.467. The largest absolute Gasteiger partial charge is 0.497 e. The lowest BCUT2D eigenvalue weighted by Crippen LogP contribution is -2.23. The average Bonchev–Trinajstić information content (AvgIpc) is 2.60. The second kappa shape index (κ2) is 4.53. The van der Waals surface area contributed by atoms with Gasteiger partial charge in [0, 0.05) is 12.5 Å². The molecule has 1 aliphatic heterocycles. The van der Waals surface area contributed by atoms with Crippen molar-refractivity contribution in [2.75, 3.05) is 7.11 Å². The standard InChI is InChI=1S/C12H12FNO3/c1-17-9-3-2-7(10(13)6-9)4-8-5-11(15)14-12(8)16/h2-3,6,8H,4-5H2,1H3,(H,14,15,16). The summed E-state index contributed by atoms with van der Waals surface area (Å²) in [4.78, 5) is 22.3. The van der Waals surface area contributed by atoms with Gasteiger partial charge in [-0.2, -0.15) is 0 Å². The van der Waals surface area contributed by atoms with Gasteiger partial charge in [-0.05, 0) is 18.1 Å². The van der Waals surface area contributed by atoms with Crippen LogP contribution in [0.4, 0.5) is 4.39 Å². The molecule has 1 unspecified atom stereocenters. The first-order valence-corrected chi connectivity index (χ1v) is 5.26. The number of hydrogen-bond acceptors (Lipinski definition) is 3. The van der Waals surface area contributed by atoms with Crippen LogP contribution in [0.1, 0.15) is 12.0 Å². The lowest BCUT2D eigenvalue weighted by Gasteiger charge is -2.08. The number of benzene rings is 1. The molecular weight excluding hydrogens is 225 g/mol. The predicted molar refractivity (Wildman–Crippen MR) is 57.9 cm³/mol. The minimum Gasteiger partial charge on any atom is -0.497 e. The molecule has 90 valence electrons. The van der Waals surface area contributed by atoms with Crippen LogP contribution in [0, 0.1) is 11.7 Å². The Morgan fingerprint density at radius 1 is 1.47 bits per heavy atom. The molecule has 1 saturated heterocycles. The molecule has 1 heterocycles. The highest BCUT2D eigenvalue weighted by Gasteiger charge is 2.31. The van der Waals surface area contributed by atoms with Crippen LogP contribution in [0.3, 0.4) is 0 Å². The predicted octanol–water partition coefficient (Wildman–Crippen LogP) is 1.04. The number of nitrogens with one attached hydrogen (secondary N) is 1. The summed E-state index contributed by atoms with van der Waals surface area (Å²) >= 11 is 0. The summed E-state index contributed by atoms with van der Waals surface area (Å²) in [5, 5.41) is 2.20. The Kier molecular flexibility index (Phi) is 3.08. The van der Waals surface area contributed by atoms with Gasteiger partial charge in [-0.15, -0.1) is 0 Å². The van der Waals surface area contributed by atoms with E-state index in [1.54, 1.807) is 12.1 Å². The van der Waals surface area contributed by atoms with Gasteiger partial charge < -0.3 is 4.74 Å². The number of halogens is 1. The summed E-state index contributed by atoms with van der Waals surface area (Å²) in [7, 11) is 1.46. The summed E-state index contributed by atoms with van der Waals surface area (Å²) in [6.07, 6.45) is 0.359. The fraction of sp³-hybridized carbons (Fsp3) is 0.333. The monoisotopic (exact) mass is 237 g/mol. The van der Waals surface area contributed by atoms with E-state index in [9.17, 15) is 14.0 Å². The third-order valence-corrected chi connectivity index (χ3v) is 2.79. The van der Waals surface area contributed by atoms with Gasteiger partial charge in [-0.25, -0.2) is 4.39 Å². The Bertz CT molecular complexity index is 473. The van der Waals surface area contributed by atoms with Crippen molar-refractivity contribution in [2.45, 2.75) is 12.8 Å². The highest BCUT2D eigenvalue weighted by atomic mass is 19.1. The quantitative estimate of drug-likeness (QED) is 0.799. The van der Waals surface area contributed by atoms with Gasteiger partial charge in [0.2, 0.25) is 11.8 Å². The zero-order valence-corrected chi connectivity index (χ0v) is 9.33. The summed E-state index contributed by atoms with van der Waals surface area (Å²) < 4.78 is 18.5. The fourth-order valence-electron chi connectivity index (χ4n) is 1.86. The number of hydrogen-bond donors (Lipinski definition) is 1. The SMILES string of the molecule is COc1ccc(CC2CC(=O)NC2=O)c(F)c1. The van der Waals surface area contributed by atoms with Crippen molar-refractivity contribution in [3.05, 3.63) is 29.6 Å². The van der Waals surface area contributed by atoms with Gasteiger partial charge in [0.05, 0.1) is 13.0 Å². The first-order chi connectivity index (χ1) is 8.10. The van der Waals surface area contributed by atoms with Crippen LogP contribution in [0.2, 0.25) is 0 Å². The van der Waals surface area contributed by atoms with E-state index in [0.717, 1.165) is 0 Å². The molecule has 0 radical (unpaired) electrons. The van der Waals surface area contributed by atoms with E-state index in [2.05, 4.69) is 5.32 Å². The summed E-state index contributed by atoms with van der Waals surface area (Å²) in [5.41, 5.74) is 0.417. The highest BCUT2D eigenvalue weighted by molar-refractivity contribution is 6.03. The molecular formula is C12H12FNO3. The van der Waals surface area contributed by atoms with Gasteiger partial charge in [0.25, 0.3) is 0 Å². The zero-order valence-electron chi connectivity index (χ0n) is 9.33. The normalized spacial score (nSPS) is 19.3. The maximum absolute atomic E-state index is 13.6. The van der Waals surface area contributed by atoms with E-state index >= 15 is 0 Å². The molecule has 4 nitrogen and oxygen atoms in total. The highest BCUT2D eigenvalue weighted by Crippen LogP contribution is 2.22. The van der Waals surface area contributed by atoms with Crippen LogP contribution in [0.5, 0.6) is 5.75 Å². The second-order valence-corrected chi connectivity index (χ2v) is 3.97. The average molecular weight is 237 g/mol. The maximum Gasteiger partial charge on any atom is 0.230 e. The van der Waals surface area contributed by atoms with Crippen LogP contribution < -0.4 is 10.1 Å². The van der Waals surface area contributed by atoms with E-state index < -0.39 is 11.7 Å². The number of imide groups is 1. The molecule has 1 aromatic carbocycles. The van der Waals surface area contributed by atoms with Crippen LogP contribution in [-0.4, -0.2) is 18.9 Å². The Hall–Kier alpha value is -1.91. The molecule has 1 aromatic rings. The van der Waals surface area contributed by atoms with Crippen molar-refractivity contribution in [2.24, 2.45) is 5.92 Å². The molecule has 17 heavy (non-hydrogen) atoms. The number of methoxy groups -OCH3 is 1. The molecule has 1 atom stereocenters. The molecule has 1 aliphatic rings. The van der Waals surface area contributed by atoms with E-state index in [4.69, 9.17) is 4.74 Å². The Morgan fingerprint density at radius 3 is 2.76 bits per heavy atom. The lowest BCUT2D eigenvalue weighted by molar-refractivity contribution is -0.125. The maximum atomic E-state index is 13.6. The molecule has 5 heteroatoms. The van der Waals surface area contributed by atoms with Crippen LogP contribution in [0.25, 0.3) is 0 Å². The minimum absolute atomic E-state index is 0.129. The van der Waals surface area contributed by atoms with E-state index in [1.807, 2.05) is 0 Å². The molecule has 0 saturated carbocycles. The van der Waals surface area contributed by atoms with Crippen LogP contribution >= 0.6 is 0 Å². The topological polar surface area (TPSA) is 55.4 Å². The third kappa shape index (κ3) is 2.43. The zero-order chi connectivity index (χ0) is 12.4. The number of amides is 2. The van der Waals surface area contributed by atoms with E-state index in [0.29, 0.717) is 11.3 Å². The second-order valence-electron chi connectivity index (χ2n) is 3.97. The van der Waals surface area contributed by atoms with Crippen molar-refractivity contribution >= 4 is 11.8 Å². The molecule has 0 aromatic heterocycles. The molecule has 0 spiro atoms. The Labute approximate surface area is 97.8 Å². The molecule has 1 N–H and O–H groups in total. The lowest BCUT2D eigenvalue weighted by atomic mass is 9.97. The Balaban J connectivity index is 2.14. The van der Waals surface area contributed by atoms with Crippen molar-refractivity contribution in [3.8, 4) is 5.75 Å². The smallest absolute Gasteiger partial charge is 0.230 e. The third-order valence-electron chi connectivity index (χ3n) is 2.79. The van der Waals surface area contributed by atoms with Crippen LogP contribution in [-0.2, 0) is 16.0 Å². The van der Waals surface area contributed by atoms with Gasteiger partial charge in [-0.3, -0.25) is 14.9 Å². The fourth-order valence-corrected chi connectivity index (χ4v) is 1.86. The first kappa shape index (κ1) is 11.6. The molecule has 1 fully saturated rings. The first-order valence-electron chi connectivity index (χ1n) is 5.26. The van der Waals surface area contributed by atoms with Gasteiger partial charge in [0.15, 0.2) is 0 Å². The number of ether oxygens (including phenoxy) is 1. The van der Waals surface area contributed by atoms with E-state index in [1.165, 1.54) is 13.2 Å². The van der Waals surface area contributed by atoms with Crippen LogP contribution in [0.15, 0.2) is 18.2 Å². The van der Waals surface area contributed by atoms with Gasteiger partial charge >= 0.3 is 0 Å². The van der Waals surface area contributed by atoms with Gasteiger partial charge in [0.1, 0.15) is 11.6 Å². The van der Waals surface area contributed by atoms with Gasteiger partial charge in [-0.1, -0.05) is 6.07 Å². The van der Waals surface area contributed by atoms with Crippen molar-refractivity contribution in [1.29, 1.82) is 0 Å². The number of carbonyl (C=O) groups is 2. The van der Waals surface area contributed by atoms with Crippen molar-refractivity contribution in [1.82, 2.24) is 5.32 Å². The molecule has 0 bridgehead atoms. The summed E-state index contributed by atoms with van der Waals surface area (Å²) in [5.74, 6) is -1.08. The summed E-state index contributed by atoms with van der Waals surface area (Å²) in [6.45, 7) is 0. The number of carbonyl (C=O) groups excluding carboxylic acids is 2. The van der Waals surface area contributed by atoms with Crippen molar-refractivity contribution in [3.63, 3.8) is 0 Å². The molecule has 2 amide bonds. The summed E-state index contributed by atoms with van der Waals surface area (Å²) in [6, 6.07) is 4.47. The van der Waals surface area contributed by atoms with E-state index in [-0.39, 0.29) is 24.7 Å². The Morgan fingerprint density at radius 2 is 2.24 bits per heavy atom.